The predicted molar refractivity (Wildman–Crippen MR) is 55.7 cm³/mol. The fraction of sp³-hybridized carbons (Fsp3) is 0.600. The second-order valence-corrected chi connectivity index (χ2v) is 4.97. The first-order valence-corrected chi connectivity index (χ1v) is 5.88. The van der Waals surface area contributed by atoms with Gasteiger partial charge in [0.15, 0.2) is 5.78 Å². The summed E-state index contributed by atoms with van der Waals surface area (Å²) < 4.78 is 5.10. The number of carbonyl (C=O) groups excluding carboxylic acids is 1. The topological polar surface area (TPSA) is 43.1 Å². The van der Waals surface area contributed by atoms with E-state index in [2.05, 4.69) is 5.16 Å². The Bertz CT molecular complexity index is 329. The van der Waals surface area contributed by atoms with Crippen molar-refractivity contribution < 1.29 is 9.32 Å². The van der Waals surface area contributed by atoms with E-state index in [0.717, 1.165) is 12.2 Å². The van der Waals surface area contributed by atoms with Gasteiger partial charge in [0.25, 0.3) is 0 Å². The van der Waals surface area contributed by atoms with E-state index in [-0.39, 0.29) is 5.78 Å². The second kappa shape index (κ2) is 4.17. The van der Waals surface area contributed by atoms with Gasteiger partial charge in [0.1, 0.15) is 5.76 Å². The van der Waals surface area contributed by atoms with Crippen molar-refractivity contribution in [2.24, 2.45) is 0 Å². The first-order valence-electron chi connectivity index (χ1n) is 4.83. The van der Waals surface area contributed by atoms with Gasteiger partial charge in [-0.3, -0.25) is 4.79 Å². The van der Waals surface area contributed by atoms with Gasteiger partial charge in [-0.15, -0.1) is 0 Å². The molecule has 0 spiro atoms. The van der Waals surface area contributed by atoms with E-state index < -0.39 is 0 Å². The van der Waals surface area contributed by atoms with Crippen molar-refractivity contribution in [1.29, 1.82) is 0 Å². The molecule has 3 nitrogen and oxygen atoms in total. The summed E-state index contributed by atoms with van der Waals surface area (Å²) in [6, 6.07) is 0. The molecular formula is C10H13NO2S. The van der Waals surface area contributed by atoms with Gasteiger partial charge >= 0.3 is 0 Å². The van der Waals surface area contributed by atoms with Crippen LogP contribution in [0.25, 0.3) is 0 Å². The number of Topliss-reactive ketones (excluding diaryl/α,β-unsaturated/α-hetero) is 1. The SMILES string of the molecule is CC(=O)c1cnoc1CC1CCCS1. The summed E-state index contributed by atoms with van der Waals surface area (Å²) in [6.45, 7) is 1.55. The molecule has 1 atom stereocenters. The number of rotatable bonds is 3. The first kappa shape index (κ1) is 9.77. The first-order chi connectivity index (χ1) is 6.77. The largest absolute Gasteiger partial charge is 0.361 e. The van der Waals surface area contributed by atoms with E-state index in [0.29, 0.717) is 10.8 Å². The third-order valence-electron chi connectivity index (χ3n) is 2.46. The van der Waals surface area contributed by atoms with Crippen molar-refractivity contribution >= 4 is 17.5 Å². The van der Waals surface area contributed by atoms with Crippen LogP contribution in [0.5, 0.6) is 0 Å². The maximum atomic E-state index is 11.2. The maximum absolute atomic E-state index is 11.2. The quantitative estimate of drug-likeness (QED) is 0.720. The normalized spacial score (nSPS) is 21.4. The van der Waals surface area contributed by atoms with Crippen molar-refractivity contribution in [3.63, 3.8) is 0 Å². The number of nitrogens with zero attached hydrogens (tertiary/aromatic N) is 1. The van der Waals surface area contributed by atoms with Crippen LogP contribution in [-0.2, 0) is 6.42 Å². The third kappa shape index (κ3) is 2.00. The minimum absolute atomic E-state index is 0.0456. The molecule has 2 heterocycles. The number of aromatic nitrogens is 1. The monoisotopic (exact) mass is 211 g/mol. The van der Waals surface area contributed by atoms with Crippen LogP contribution in [0.3, 0.4) is 0 Å². The molecule has 2 rings (SSSR count). The lowest BCUT2D eigenvalue weighted by atomic mass is 10.1. The molecule has 0 amide bonds. The molecule has 0 bridgehead atoms. The van der Waals surface area contributed by atoms with Gasteiger partial charge in [0.2, 0.25) is 0 Å². The van der Waals surface area contributed by atoms with Crippen LogP contribution in [0, 0.1) is 0 Å². The highest BCUT2D eigenvalue weighted by atomic mass is 32.2. The number of hydrogen-bond acceptors (Lipinski definition) is 4. The van der Waals surface area contributed by atoms with Crippen molar-refractivity contribution in [3.05, 3.63) is 17.5 Å². The Labute approximate surface area is 87.2 Å². The minimum atomic E-state index is 0.0456. The van der Waals surface area contributed by atoms with Gasteiger partial charge < -0.3 is 4.52 Å². The van der Waals surface area contributed by atoms with Crippen LogP contribution >= 0.6 is 11.8 Å². The van der Waals surface area contributed by atoms with Crippen LogP contribution in [0.4, 0.5) is 0 Å². The minimum Gasteiger partial charge on any atom is -0.361 e. The van der Waals surface area contributed by atoms with Gasteiger partial charge in [-0.05, 0) is 25.5 Å². The van der Waals surface area contributed by atoms with Crippen LogP contribution in [0.1, 0.15) is 35.9 Å². The van der Waals surface area contributed by atoms with Crippen LogP contribution in [-0.4, -0.2) is 21.9 Å². The van der Waals surface area contributed by atoms with Gasteiger partial charge in [0, 0.05) is 11.7 Å². The fourth-order valence-electron chi connectivity index (χ4n) is 1.71. The number of carbonyl (C=O) groups is 1. The molecule has 1 unspecified atom stereocenters. The second-order valence-electron chi connectivity index (χ2n) is 3.56. The smallest absolute Gasteiger partial charge is 0.164 e. The summed E-state index contributed by atoms with van der Waals surface area (Å²) in [5.74, 6) is 2.04. The van der Waals surface area contributed by atoms with E-state index in [1.54, 1.807) is 6.92 Å². The predicted octanol–water partition coefficient (Wildman–Crippen LogP) is 2.32. The highest BCUT2D eigenvalue weighted by molar-refractivity contribution is 8.00. The molecule has 76 valence electrons. The molecular weight excluding hydrogens is 198 g/mol. The lowest BCUT2D eigenvalue weighted by molar-refractivity contribution is 0.101. The van der Waals surface area contributed by atoms with E-state index in [1.807, 2.05) is 11.8 Å². The van der Waals surface area contributed by atoms with Gasteiger partial charge in [-0.2, -0.15) is 11.8 Å². The zero-order chi connectivity index (χ0) is 9.97. The summed E-state index contributed by atoms with van der Waals surface area (Å²) in [5, 5.41) is 4.29. The summed E-state index contributed by atoms with van der Waals surface area (Å²) in [6.07, 6.45) is 4.87. The standard InChI is InChI=1S/C10H13NO2S/c1-7(12)9-6-11-13-10(9)5-8-3-2-4-14-8/h6,8H,2-5H2,1H3. The van der Waals surface area contributed by atoms with E-state index in [4.69, 9.17) is 4.52 Å². The van der Waals surface area contributed by atoms with Gasteiger partial charge in [0.05, 0.1) is 11.8 Å². The lowest BCUT2D eigenvalue weighted by Gasteiger charge is -2.05. The average Bonchev–Trinajstić information content (AvgIpc) is 2.75. The molecule has 4 heteroatoms. The number of hydrogen-bond donors (Lipinski definition) is 0. The number of ketones is 1. The molecule has 1 aromatic rings. The van der Waals surface area contributed by atoms with Crippen LogP contribution < -0.4 is 0 Å². The third-order valence-corrected chi connectivity index (χ3v) is 3.86. The average molecular weight is 211 g/mol. The van der Waals surface area contributed by atoms with E-state index in [9.17, 15) is 4.79 Å². The van der Waals surface area contributed by atoms with Crippen molar-refractivity contribution in [2.45, 2.75) is 31.4 Å². The summed E-state index contributed by atoms with van der Waals surface area (Å²) in [4.78, 5) is 11.2. The van der Waals surface area contributed by atoms with Crippen molar-refractivity contribution in [3.8, 4) is 0 Å². The lowest BCUT2D eigenvalue weighted by Crippen LogP contribution is -2.04. The highest BCUT2D eigenvalue weighted by Gasteiger charge is 2.21. The molecule has 14 heavy (non-hydrogen) atoms. The molecule has 0 N–H and O–H groups in total. The Kier molecular flexibility index (Phi) is 2.91. The Morgan fingerprint density at radius 2 is 2.64 bits per heavy atom. The maximum Gasteiger partial charge on any atom is 0.164 e. The molecule has 1 aromatic heterocycles. The molecule has 1 saturated heterocycles. The zero-order valence-electron chi connectivity index (χ0n) is 8.16. The summed E-state index contributed by atoms with van der Waals surface area (Å²) in [5.41, 5.74) is 0.650. The Morgan fingerprint density at radius 3 is 3.29 bits per heavy atom. The molecule has 0 saturated carbocycles. The van der Waals surface area contributed by atoms with Gasteiger partial charge in [-0.25, -0.2) is 0 Å². The zero-order valence-corrected chi connectivity index (χ0v) is 8.97. The van der Waals surface area contributed by atoms with Crippen molar-refractivity contribution in [2.75, 3.05) is 5.75 Å². The molecule has 1 aliphatic heterocycles. The Morgan fingerprint density at radius 1 is 1.79 bits per heavy atom. The summed E-state index contributed by atoms with van der Waals surface area (Å²) >= 11 is 1.96. The molecule has 0 aromatic carbocycles. The fourth-order valence-corrected chi connectivity index (χ4v) is 2.98. The molecule has 0 radical (unpaired) electrons. The Hall–Kier alpha value is -0.770. The van der Waals surface area contributed by atoms with Crippen LogP contribution in [0.15, 0.2) is 10.7 Å². The number of thioether (sulfide) groups is 1. The summed E-state index contributed by atoms with van der Waals surface area (Å²) in [7, 11) is 0. The highest BCUT2D eigenvalue weighted by Crippen LogP contribution is 2.29. The van der Waals surface area contributed by atoms with Crippen LogP contribution in [0.2, 0.25) is 0 Å². The molecule has 1 fully saturated rings. The molecule has 0 aliphatic carbocycles. The van der Waals surface area contributed by atoms with Gasteiger partial charge in [-0.1, -0.05) is 5.16 Å². The van der Waals surface area contributed by atoms with Crippen molar-refractivity contribution in [1.82, 2.24) is 5.16 Å². The molecule has 1 aliphatic rings. The Balaban J connectivity index is 2.07. The van der Waals surface area contributed by atoms with E-state index >= 15 is 0 Å². The van der Waals surface area contributed by atoms with E-state index in [1.165, 1.54) is 24.8 Å².